The van der Waals surface area contributed by atoms with Gasteiger partial charge in [0.25, 0.3) is 5.91 Å². The van der Waals surface area contributed by atoms with Gasteiger partial charge in [0, 0.05) is 73.5 Å². The maximum Gasteiger partial charge on any atom is 0.426 e. The molecule has 1 aliphatic rings. The van der Waals surface area contributed by atoms with Crippen molar-refractivity contribution in [2.45, 2.75) is 187 Å². The molecule has 0 radical (unpaired) electrons. The number of phenolic OH excluding ortho intramolecular Hbond substituents is 1. The molecule has 1 saturated heterocycles. The van der Waals surface area contributed by atoms with E-state index in [1.807, 2.05) is 53.5 Å². The first-order valence-corrected chi connectivity index (χ1v) is 34.5. The number of rotatable bonds is 40. The van der Waals surface area contributed by atoms with Crippen LogP contribution in [0.4, 0.5) is 4.79 Å². The Bertz CT molecular complexity index is 2730. The molecule has 7 amide bonds. The second-order valence-corrected chi connectivity index (χ2v) is 27.6. The molecule has 13 atom stereocenters. The fourth-order valence-electron chi connectivity index (χ4n) is 9.77. The molecule has 0 spiro atoms. The number of nitrogens with one attached hydrogen (secondary N) is 6. The number of carbonyl (C=O) groups excluding carboxylic acids is 9. The zero-order valence-electron chi connectivity index (χ0n) is 54.6. The van der Waals surface area contributed by atoms with Gasteiger partial charge in [0.2, 0.25) is 29.5 Å². The van der Waals surface area contributed by atoms with Crippen LogP contribution in [0.25, 0.3) is 0 Å². The van der Waals surface area contributed by atoms with E-state index in [1.165, 1.54) is 36.3 Å². The lowest BCUT2D eigenvalue weighted by Crippen LogP contribution is -2.59. The van der Waals surface area contributed by atoms with Crippen LogP contribution in [0.2, 0.25) is 0 Å². The van der Waals surface area contributed by atoms with E-state index in [4.69, 9.17) is 19.3 Å². The lowest BCUT2D eigenvalue weighted by Gasteiger charge is -2.39. The molecule has 0 aliphatic carbocycles. The minimum Gasteiger partial charge on any atom is -0.508 e. The number of aromatic nitrogens is 1. The van der Waals surface area contributed by atoms with Crippen molar-refractivity contribution in [3.05, 3.63) is 45.9 Å². The van der Waals surface area contributed by atoms with Crippen LogP contribution < -0.4 is 32.1 Å². The van der Waals surface area contributed by atoms with Crippen molar-refractivity contribution < 1.29 is 97.9 Å². The van der Waals surface area contributed by atoms with Crippen molar-refractivity contribution in [2.24, 2.45) is 29.6 Å². The Labute approximate surface area is 554 Å². The predicted octanol–water partition coefficient (Wildman–Crippen LogP) is 2.30. The number of aliphatic carboxylic acids is 1. The Morgan fingerprint density at radius 1 is 0.839 bits per heavy atom. The van der Waals surface area contributed by atoms with E-state index < -0.39 is 146 Å². The summed E-state index contributed by atoms with van der Waals surface area (Å²) in [6, 6.07) is 1.95. The summed E-state index contributed by atoms with van der Waals surface area (Å²) in [5.41, 5.74) is 5.11. The highest BCUT2D eigenvalue weighted by molar-refractivity contribution is 8.76. The number of carboxylic acids is 1. The minimum atomic E-state index is -1.88. The summed E-state index contributed by atoms with van der Waals surface area (Å²) in [4.78, 5) is 140. The summed E-state index contributed by atoms with van der Waals surface area (Å²) >= 11 is 1.03. The fourth-order valence-corrected chi connectivity index (χ4v) is 12.6. The van der Waals surface area contributed by atoms with Crippen molar-refractivity contribution in [2.75, 3.05) is 51.6 Å². The number of thiazole rings is 1. The molecule has 13 N–H and O–H groups in total. The third-order valence-electron chi connectivity index (χ3n) is 15.6. The number of aliphatic hydroxyl groups is 5. The monoisotopic (exact) mass is 1370 g/mol. The molecule has 1 fully saturated rings. The molecule has 29 nitrogen and oxygen atoms in total. The standard InChI is InChI=1S/C61H97N9O20S3/c1-11-35(6)51(66-57(83)44-14-12-13-21-69(44)10)59(84)70(32-89-50(77)24-33(2)3)45(34(4)5)27-48(90-38(9)72)58-65-42(30-91-58)56(82)63-40(26-39-16-18-41(73)19-17-39)25-37(8)55(81)67-68-61(87)88-22-23-92-93-31-43(60(85)86)64-54(80)36(7)15-20-49(76)62-28-46(74)52(78)53(79)47(75)29-71/h16-19,30,33-37,40,43-48,51-53,71,73-75,78-79H,11-15,20-29,31-32H2,1-10H3,(H,62,76)(H,63,82)(H,64,80)(H,66,83)(H,67,81)(H,68,87)(H,85,86)/t35?,36-,37-,40+,43-,44+,45+,46-,47+,48+,51-,52+,53+/m0/s1. The molecule has 1 aromatic carbocycles. The van der Waals surface area contributed by atoms with Crippen molar-refractivity contribution in [1.82, 2.24) is 46.9 Å². The lowest BCUT2D eigenvalue weighted by atomic mass is 9.92. The Kier molecular flexibility index (Phi) is 36.0. The number of phenols is 1. The second-order valence-electron chi connectivity index (χ2n) is 24.1. The molecular weight excluding hydrogens is 1270 g/mol. The number of hydrogen-bond acceptors (Lipinski definition) is 24. The lowest BCUT2D eigenvalue weighted by molar-refractivity contribution is -0.161. The first-order chi connectivity index (χ1) is 43.9. The summed E-state index contributed by atoms with van der Waals surface area (Å²) in [7, 11) is 4.07. The molecule has 2 aromatic rings. The number of ether oxygens (including phenoxy) is 3. The summed E-state index contributed by atoms with van der Waals surface area (Å²) in [5, 5.41) is 80.2. The third-order valence-corrected chi connectivity index (χ3v) is 18.9. The molecule has 1 aromatic heterocycles. The van der Waals surface area contributed by atoms with E-state index in [9.17, 15) is 73.8 Å². The zero-order chi connectivity index (χ0) is 69.6. The summed E-state index contributed by atoms with van der Waals surface area (Å²) in [6.07, 6.45) is -6.33. The summed E-state index contributed by atoms with van der Waals surface area (Å²) < 4.78 is 16.8. The molecular formula is C61H97N9O20S3. The number of hydrazine groups is 1. The van der Waals surface area contributed by atoms with Crippen LogP contribution in [0.1, 0.15) is 147 Å². The molecule has 93 heavy (non-hydrogen) atoms. The van der Waals surface area contributed by atoms with Crippen LogP contribution in [0.5, 0.6) is 5.75 Å². The third kappa shape index (κ3) is 28.6. The van der Waals surface area contributed by atoms with Gasteiger partial charge in [-0.15, -0.1) is 11.3 Å². The average Bonchev–Trinajstić information content (AvgIpc) is 1.85. The Balaban J connectivity index is 1.65. The number of carbonyl (C=O) groups is 10. The number of amides is 7. The van der Waals surface area contributed by atoms with E-state index in [1.54, 1.807) is 19.1 Å². The maximum atomic E-state index is 15.0. The van der Waals surface area contributed by atoms with Crippen molar-refractivity contribution in [3.63, 3.8) is 0 Å². The highest BCUT2D eigenvalue weighted by atomic mass is 33.1. The number of nitrogens with zero attached hydrogens (tertiary/aromatic N) is 3. The number of aromatic hydroxyl groups is 1. The molecule has 524 valence electrons. The van der Waals surface area contributed by atoms with Crippen LogP contribution in [0.15, 0.2) is 29.6 Å². The maximum absolute atomic E-state index is 15.0. The summed E-state index contributed by atoms with van der Waals surface area (Å²) in [5.74, 6) is -8.21. The number of likely N-dealkylation sites (N-methyl/N-ethyl adjacent to an activating group) is 1. The molecule has 2 heterocycles. The van der Waals surface area contributed by atoms with Gasteiger partial charge in [-0.2, -0.15) is 0 Å². The van der Waals surface area contributed by atoms with Gasteiger partial charge in [-0.3, -0.25) is 48.7 Å². The number of aliphatic hydroxyl groups excluding tert-OH is 5. The molecule has 1 unspecified atom stereocenters. The summed E-state index contributed by atoms with van der Waals surface area (Å²) in [6.45, 7) is 14.2. The van der Waals surface area contributed by atoms with Crippen molar-refractivity contribution >= 4 is 92.4 Å². The second kappa shape index (κ2) is 41.4. The van der Waals surface area contributed by atoms with E-state index in [-0.39, 0.29) is 96.7 Å². The van der Waals surface area contributed by atoms with Gasteiger partial charge in [-0.1, -0.05) is 102 Å². The number of piperidine rings is 1. The van der Waals surface area contributed by atoms with Gasteiger partial charge in [0.1, 0.15) is 53.5 Å². The SMILES string of the molecule is CCC(C)[C@H](NC(=O)[C@H]1CCCCN1C)C(=O)N(COC(=O)CC(C)C)[C@H](C[C@@H](OC(C)=O)c1nc(C(=O)N[C@@H](Cc2ccc(O)cc2)C[C@H](C)C(=O)NNC(=O)OCCSSC[C@H](NC(=O)[C@@H](C)CCC(=O)NC[C@H](O)[C@@H](O)[C@H](O)[C@H](O)CO)C(=O)O)cs1)C(C)C. The normalized spacial score (nSPS) is 17.3. The number of carboxylic acid groups (broad SMARTS) is 1. The molecule has 0 bridgehead atoms. The zero-order valence-corrected chi connectivity index (χ0v) is 57.0. The van der Waals surface area contributed by atoms with Crippen LogP contribution >= 0.6 is 32.9 Å². The number of esters is 2. The number of hydrogen-bond donors (Lipinski definition) is 13. The quantitative estimate of drug-likeness (QED) is 0.0114. The van der Waals surface area contributed by atoms with Gasteiger partial charge in [-0.05, 0) is 81.1 Å². The van der Waals surface area contributed by atoms with E-state index in [0.717, 1.165) is 52.3 Å². The van der Waals surface area contributed by atoms with Crippen molar-refractivity contribution in [3.8, 4) is 5.75 Å². The minimum absolute atomic E-state index is 0.00170. The van der Waals surface area contributed by atoms with Gasteiger partial charge in [0.15, 0.2) is 12.8 Å². The highest BCUT2D eigenvalue weighted by Crippen LogP contribution is 2.32. The topological polar surface area (TPSA) is 432 Å². The number of likely N-dealkylation sites (tertiary alicyclic amines) is 1. The Morgan fingerprint density at radius 2 is 1.52 bits per heavy atom. The first kappa shape index (κ1) is 80.8. The van der Waals surface area contributed by atoms with E-state index in [0.29, 0.717) is 18.4 Å². The van der Waals surface area contributed by atoms with Gasteiger partial charge in [0.05, 0.1) is 18.8 Å². The van der Waals surface area contributed by atoms with Crippen molar-refractivity contribution in [1.29, 1.82) is 0 Å². The highest BCUT2D eigenvalue weighted by Gasteiger charge is 2.40. The van der Waals surface area contributed by atoms with Gasteiger partial charge >= 0.3 is 24.0 Å². The van der Waals surface area contributed by atoms with Gasteiger partial charge < -0.3 is 76.1 Å². The average molecular weight is 1370 g/mol. The van der Waals surface area contributed by atoms with Crippen LogP contribution in [-0.2, 0) is 59.0 Å². The molecule has 0 saturated carbocycles. The number of benzene rings is 1. The molecule has 32 heteroatoms. The molecule has 1 aliphatic heterocycles. The van der Waals surface area contributed by atoms with E-state index in [2.05, 4.69) is 37.1 Å². The smallest absolute Gasteiger partial charge is 0.426 e. The Morgan fingerprint density at radius 3 is 2.13 bits per heavy atom. The van der Waals surface area contributed by atoms with Gasteiger partial charge in [-0.25, -0.2) is 20.0 Å². The van der Waals surface area contributed by atoms with Crippen LogP contribution in [-0.4, -0.2) is 216 Å². The first-order valence-electron chi connectivity index (χ1n) is 31.2. The van der Waals surface area contributed by atoms with E-state index >= 15 is 4.79 Å². The fraction of sp³-hybridized carbons (Fsp3) is 0.689. The predicted molar refractivity (Wildman–Crippen MR) is 345 cm³/mol. The largest absolute Gasteiger partial charge is 0.508 e. The molecule has 3 rings (SSSR count). The van der Waals surface area contributed by atoms with Crippen LogP contribution in [0, 0.1) is 29.6 Å². The van der Waals surface area contributed by atoms with Crippen LogP contribution in [0.3, 0.4) is 0 Å². The Hall–Kier alpha value is -6.39.